The Balaban J connectivity index is 2.06. The molecule has 0 bridgehead atoms. The lowest BCUT2D eigenvalue weighted by Gasteiger charge is -2.35. The minimum Gasteiger partial charge on any atom is -0.369 e. The van der Waals surface area contributed by atoms with Gasteiger partial charge in [-0.25, -0.2) is 0 Å². The van der Waals surface area contributed by atoms with Crippen LogP contribution < -0.4 is 10.2 Å². The zero-order chi connectivity index (χ0) is 16.1. The molecule has 2 rings (SSSR count). The van der Waals surface area contributed by atoms with Crippen LogP contribution in [0.3, 0.4) is 0 Å². The number of nitrogens with one attached hydrogen (secondary N) is 1. The van der Waals surface area contributed by atoms with Crippen molar-refractivity contribution in [2.75, 3.05) is 18.0 Å². The fourth-order valence-electron chi connectivity index (χ4n) is 2.95. The van der Waals surface area contributed by atoms with Crippen molar-refractivity contribution in [1.29, 1.82) is 0 Å². The highest BCUT2D eigenvalue weighted by Crippen LogP contribution is 2.27. The average molecular weight is 305 g/mol. The molecule has 1 fully saturated rings. The minimum atomic E-state index is -0.374. The summed E-state index contributed by atoms with van der Waals surface area (Å²) in [6.07, 6.45) is 3.41. The van der Waals surface area contributed by atoms with Crippen LogP contribution in [0.1, 0.15) is 38.2 Å². The molecular formula is C16H23N3O3. The molecule has 0 aliphatic carbocycles. The van der Waals surface area contributed by atoms with Gasteiger partial charge in [-0.3, -0.25) is 14.9 Å². The Labute approximate surface area is 130 Å². The molecule has 0 radical (unpaired) electrons. The summed E-state index contributed by atoms with van der Waals surface area (Å²) in [5.74, 6) is 0.106. The maximum absolute atomic E-state index is 11.7. The van der Waals surface area contributed by atoms with Gasteiger partial charge in [0.15, 0.2) is 0 Å². The molecule has 1 atom stereocenters. The van der Waals surface area contributed by atoms with Crippen molar-refractivity contribution in [3.63, 3.8) is 0 Å². The Hall–Kier alpha value is -2.11. The zero-order valence-corrected chi connectivity index (χ0v) is 13.2. The van der Waals surface area contributed by atoms with Gasteiger partial charge in [-0.1, -0.05) is 6.92 Å². The number of hydrogen-bond acceptors (Lipinski definition) is 4. The van der Waals surface area contributed by atoms with E-state index in [1.165, 1.54) is 0 Å². The Morgan fingerprint density at radius 2 is 2.27 bits per heavy atom. The van der Waals surface area contributed by atoms with E-state index < -0.39 is 0 Å². The van der Waals surface area contributed by atoms with Crippen LogP contribution in [0.5, 0.6) is 0 Å². The van der Waals surface area contributed by atoms with E-state index in [0.29, 0.717) is 6.42 Å². The lowest BCUT2D eigenvalue weighted by molar-refractivity contribution is -0.384. The van der Waals surface area contributed by atoms with E-state index >= 15 is 0 Å². The maximum atomic E-state index is 11.7. The van der Waals surface area contributed by atoms with E-state index in [9.17, 15) is 14.9 Å². The number of carbonyl (C=O) groups excluding carboxylic acids is 1. The van der Waals surface area contributed by atoms with Crippen LogP contribution in [0.4, 0.5) is 11.4 Å². The first-order valence-corrected chi connectivity index (χ1v) is 7.80. The van der Waals surface area contributed by atoms with E-state index in [1.807, 2.05) is 19.9 Å². The number of benzene rings is 1. The molecule has 0 spiro atoms. The van der Waals surface area contributed by atoms with Crippen LogP contribution in [-0.2, 0) is 4.79 Å². The van der Waals surface area contributed by atoms with Gasteiger partial charge in [-0.2, -0.15) is 0 Å². The summed E-state index contributed by atoms with van der Waals surface area (Å²) in [5, 5.41) is 13.9. The first-order chi connectivity index (χ1) is 10.5. The van der Waals surface area contributed by atoms with E-state index in [0.717, 1.165) is 43.6 Å². The predicted octanol–water partition coefficient (Wildman–Crippen LogP) is 2.79. The van der Waals surface area contributed by atoms with Gasteiger partial charge in [0, 0.05) is 43.4 Å². The molecule has 1 amide bonds. The lowest BCUT2D eigenvalue weighted by atomic mass is 10.0. The van der Waals surface area contributed by atoms with Gasteiger partial charge >= 0.3 is 0 Å². The number of rotatable bonds is 5. The Morgan fingerprint density at radius 1 is 1.50 bits per heavy atom. The number of anilines is 1. The van der Waals surface area contributed by atoms with Crippen LogP contribution in [0.25, 0.3) is 0 Å². The number of non-ortho nitro benzene ring substituents is 1. The molecule has 1 N–H and O–H groups in total. The third-order valence-electron chi connectivity index (χ3n) is 4.00. The summed E-state index contributed by atoms with van der Waals surface area (Å²) < 4.78 is 0. The first-order valence-electron chi connectivity index (χ1n) is 7.80. The second-order valence-corrected chi connectivity index (χ2v) is 5.83. The van der Waals surface area contributed by atoms with E-state index in [4.69, 9.17) is 0 Å². The number of piperidine rings is 1. The molecule has 6 nitrogen and oxygen atoms in total. The number of aryl methyl sites for hydroxylation is 1. The van der Waals surface area contributed by atoms with Crippen molar-refractivity contribution in [2.45, 2.75) is 45.6 Å². The minimum absolute atomic E-state index is 0.106. The van der Waals surface area contributed by atoms with E-state index in [2.05, 4.69) is 10.2 Å². The van der Waals surface area contributed by atoms with Crippen molar-refractivity contribution in [3.05, 3.63) is 33.9 Å². The van der Waals surface area contributed by atoms with Gasteiger partial charge in [0.05, 0.1) is 4.92 Å². The average Bonchev–Trinajstić information content (AvgIpc) is 2.47. The molecule has 120 valence electrons. The summed E-state index contributed by atoms with van der Waals surface area (Å²) in [6.45, 7) is 5.56. The van der Waals surface area contributed by atoms with E-state index in [-0.39, 0.29) is 22.6 Å². The van der Waals surface area contributed by atoms with Gasteiger partial charge < -0.3 is 10.2 Å². The Morgan fingerprint density at radius 3 is 2.91 bits per heavy atom. The normalized spacial score (nSPS) is 18.1. The summed E-state index contributed by atoms with van der Waals surface area (Å²) in [6, 6.07) is 5.11. The highest BCUT2D eigenvalue weighted by molar-refractivity contribution is 5.76. The van der Waals surface area contributed by atoms with Crippen LogP contribution >= 0.6 is 0 Å². The smallest absolute Gasteiger partial charge is 0.269 e. The molecule has 0 aromatic heterocycles. The number of amides is 1. The maximum Gasteiger partial charge on any atom is 0.269 e. The third kappa shape index (κ3) is 3.96. The van der Waals surface area contributed by atoms with E-state index in [1.54, 1.807) is 12.1 Å². The molecule has 1 heterocycles. The molecule has 1 saturated heterocycles. The molecule has 0 saturated carbocycles. The molecule has 1 aromatic rings. The monoisotopic (exact) mass is 305 g/mol. The molecule has 6 heteroatoms. The fraction of sp³-hybridized carbons (Fsp3) is 0.562. The fourth-order valence-corrected chi connectivity index (χ4v) is 2.95. The van der Waals surface area contributed by atoms with Gasteiger partial charge in [-0.15, -0.1) is 0 Å². The largest absolute Gasteiger partial charge is 0.369 e. The highest BCUT2D eigenvalue weighted by Gasteiger charge is 2.23. The molecule has 1 unspecified atom stereocenters. The van der Waals surface area contributed by atoms with Gasteiger partial charge in [0.1, 0.15) is 0 Å². The summed E-state index contributed by atoms with van der Waals surface area (Å²) >= 11 is 0. The zero-order valence-electron chi connectivity index (χ0n) is 13.2. The first kappa shape index (κ1) is 16.3. The lowest BCUT2D eigenvalue weighted by Crippen LogP contribution is -2.48. The van der Waals surface area contributed by atoms with Crippen molar-refractivity contribution >= 4 is 17.3 Å². The third-order valence-corrected chi connectivity index (χ3v) is 4.00. The van der Waals surface area contributed by atoms with Gasteiger partial charge in [0.2, 0.25) is 5.91 Å². The Kier molecular flexibility index (Phi) is 5.35. The Bertz CT molecular complexity index is 560. The number of nitrogens with zero attached hydrogens (tertiary/aromatic N) is 2. The second-order valence-electron chi connectivity index (χ2n) is 5.83. The molecular weight excluding hydrogens is 282 g/mol. The van der Waals surface area contributed by atoms with Crippen molar-refractivity contribution in [3.8, 4) is 0 Å². The van der Waals surface area contributed by atoms with Gasteiger partial charge in [-0.05, 0) is 37.8 Å². The highest BCUT2D eigenvalue weighted by atomic mass is 16.6. The summed E-state index contributed by atoms with van der Waals surface area (Å²) in [4.78, 5) is 24.4. The van der Waals surface area contributed by atoms with Crippen molar-refractivity contribution in [2.24, 2.45) is 0 Å². The number of nitro groups is 1. The van der Waals surface area contributed by atoms with Gasteiger partial charge in [0.25, 0.3) is 5.69 Å². The molecule has 22 heavy (non-hydrogen) atoms. The predicted molar refractivity (Wildman–Crippen MR) is 86.1 cm³/mol. The SMILES string of the molecule is CCCC(=O)NC1CCCN(c2ccc([N+](=O)[O-])cc2C)C1. The quantitative estimate of drug-likeness (QED) is 0.670. The molecule has 1 aliphatic heterocycles. The van der Waals surface area contributed by atoms with Crippen molar-refractivity contribution < 1.29 is 9.72 Å². The van der Waals surface area contributed by atoms with Crippen LogP contribution in [0, 0.1) is 17.0 Å². The van der Waals surface area contributed by atoms with Crippen LogP contribution in [0.15, 0.2) is 18.2 Å². The number of nitro benzene ring substituents is 1. The second kappa shape index (κ2) is 7.24. The van der Waals surface area contributed by atoms with Crippen LogP contribution in [0.2, 0.25) is 0 Å². The van der Waals surface area contributed by atoms with Crippen molar-refractivity contribution in [1.82, 2.24) is 5.32 Å². The van der Waals surface area contributed by atoms with Crippen LogP contribution in [-0.4, -0.2) is 30.0 Å². The topological polar surface area (TPSA) is 75.5 Å². The summed E-state index contributed by atoms with van der Waals surface area (Å²) in [5.41, 5.74) is 2.03. The summed E-state index contributed by atoms with van der Waals surface area (Å²) in [7, 11) is 0. The standard InChI is InChI=1S/C16H23N3O3/c1-3-5-16(20)17-13-6-4-9-18(11-13)15-8-7-14(19(21)22)10-12(15)2/h7-8,10,13H,3-6,9,11H2,1-2H3,(H,17,20). The number of carbonyl (C=O) groups is 1. The number of hydrogen-bond donors (Lipinski definition) is 1. The molecule has 1 aromatic carbocycles. The molecule has 1 aliphatic rings.